The summed E-state index contributed by atoms with van der Waals surface area (Å²) in [5.74, 6) is 0.758. The van der Waals surface area contributed by atoms with Gasteiger partial charge in [-0.1, -0.05) is 42.5 Å². The minimum Gasteiger partial charge on any atom is -0.494 e. The lowest BCUT2D eigenvalue weighted by molar-refractivity contribution is -0.125. The molecule has 0 radical (unpaired) electrons. The molecule has 0 fully saturated rings. The molecule has 3 amide bonds. The van der Waals surface area contributed by atoms with Gasteiger partial charge >= 0.3 is 6.03 Å². The summed E-state index contributed by atoms with van der Waals surface area (Å²) in [7, 11) is 1.72. The summed E-state index contributed by atoms with van der Waals surface area (Å²) in [6.45, 7) is 3.60. The lowest BCUT2D eigenvalue weighted by Gasteiger charge is -2.31. The molecule has 1 N–H and O–H groups in total. The normalized spacial score (nSPS) is 18.8. The molecule has 0 spiro atoms. The molecule has 0 saturated heterocycles. The van der Waals surface area contributed by atoms with Gasteiger partial charge in [0.1, 0.15) is 5.75 Å². The topological polar surface area (TPSA) is 61.9 Å². The Morgan fingerprint density at radius 3 is 2.48 bits per heavy atom. The number of hydrogen-bond acceptors (Lipinski definition) is 3. The van der Waals surface area contributed by atoms with Crippen LogP contribution in [0.3, 0.4) is 0 Å². The van der Waals surface area contributed by atoms with Crippen molar-refractivity contribution >= 4 is 11.9 Å². The maximum Gasteiger partial charge on any atom is 0.322 e. The maximum atomic E-state index is 13.2. The second-order valence-electron chi connectivity index (χ2n) is 7.27. The first kappa shape index (κ1) is 19.1. The van der Waals surface area contributed by atoms with Crippen molar-refractivity contribution in [1.29, 1.82) is 0 Å². The average molecular weight is 391 g/mol. The summed E-state index contributed by atoms with van der Waals surface area (Å²) < 4.78 is 5.50. The third-order valence-corrected chi connectivity index (χ3v) is 5.47. The van der Waals surface area contributed by atoms with Crippen LogP contribution in [0.1, 0.15) is 24.1 Å². The van der Waals surface area contributed by atoms with Crippen molar-refractivity contribution in [3.63, 3.8) is 0 Å². The number of rotatable bonds is 6. The highest BCUT2D eigenvalue weighted by Crippen LogP contribution is 2.36. The molecular weight excluding hydrogens is 366 g/mol. The molecule has 150 valence electrons. The van der Waals surface area contributed by atoms with Crippen LogP contribution in [0.5, 0.6) is 5.75 Å². The standard InChI is InChI=1S/C23H25N3O3/c1-3-29-18-11-9-17(10-12-18)21-20-19(25(2)23(28)24-21)15-26(22(20)27)14-13-16-7-5-4-6-8-16/h4-12,21H,3,13-15H2,1-2H3,(H,24,28). The van der Waals surface area contributed by atoms with Crippen LogP contribution in [0.2, 0.25) is 0 Å². The third kappa shape index (κ3) is 3.70. The molecule has 6 nitrogen and oxygen atoms in total. The largest absolute Gasteiger partial charge is 0.494 e. The van der Waals surface area contributed by atoms with Crippen molar-refractivity contribution in [3.8, 4) is 5.75 Å². The van der Waals surface area contributed by atoms with E-state index in [0.29, 0.717) is 25.3 Å². The molecule has 1 atom stereocenters. The zero-order chi connectivity index (χ0) is 20.4. The minimum atomic E-state index is -0.446. The Morgan fingerprint density at radius 1 is 1.07 bits per heavy atom. The Hall–Kier alpha value is -3.28. The van der Waals surface area contributed by atoms with Crippen LogP contribution in [0.15, 0.2) is 65.9 Å². The maximum absolute atomic E-state index is 13.2. The molecule has 4 rings (SSSR count). The van der Waals surface area contributed by atoms with E-state index in [2.05, 4.69) is 17.4 Å². The first-order valence-electron chi connectivity index (χ1n) is 9.91. The molecule has 2 aromatic carbocycles. The quantitative estimate of drug-likeness (QED) is 0.823. The van der Waals surface area contributed by atoms with Gasteiger partial charge in [-0.2, -0.15) is 0 Å². The SMILES string of the molecule is CCOc1ccc(C2NC(=O)N(C)C3=C2C(=O)N(CCc2ccccc2)C3)cc1. The van der Waals surface area contributed by atoms with Gasteiger partial charge in [0.25, 0.3) is 5.91 Å². The Balaban J connectivity index is 1.56. The summed E-state index contributed by atoms with van der Waals surface area (Å²) >= 11 is 0. The van der Waals surface area contributed by atoms with E-state index in [-0.39, 0.29) is 11.9 Å². The number of ether oxygens (including phenoxy) is 1. The fourth-order valence-electron chi connectivity index (χ4n) is 3.89. The van der Waals surface area contributed by atoms with Crippen molar-refractivity contribution in [1.82, 2.24) is 15.1 Å². The van der Waals surface area contributed by atoms with Gasteiger partial charge in [0.2, 0.25) is 0 Å². The van der Waals surface area contributed by atoms with Crippen molar-refractivity contribution < 1.29 is 14.3 Å². The van der Waals surface area contributed by atoms with Gasteiger partial charge in [-0.25, -0.2) is 4.79 Å². The Bertz CT molecular complexity index is 938. The summed E-state index contributed by atoms with van der Waals surface area (Å²) in [5, 5.41) is 2.97. The highest BCUT2D eigenvalue weighted by molar-refractivity contribution is 6.01. The zero-order valence-corrected chi connectivity index (χ0v) is 16.7. The minimum absolute atomic E-state index is 0.0123. The van der Waals surface area contributed by atoms with Gasteiger partial charge in [-0.15, -0.1) is 0 Å². The lowest BCUT2D eigenvalue weighted by Crippen LogP contribution is -2.45. The number of urea groups is 1. The van der Waals surface area contributed by atoms with Gasteiger partial charge in [0, 0.05) is 13.6 Å². The number of likely N-dealkylation sites (N-methyl/N-ethyl adjacent to an activating group) is 1. The third-order valence-electron chi connectivity index (χ3n) is 5.47. The van der Waals surface area contributed by atoms with Crippen LogP contribution in [0, 0.1) is 0 Å². The van der Waals surface area contributed by atoms with Crippen LogP contribution in [0.4, 0.5) is 4.79 Å². The van der Waals surface area contributed by atoms with E-state index in [1.54, 1.807) is 11.9 Å². The fraction of sp³-hybridized carbons (Fsp3) is 0.304. The second-order valence-corrected chi connectivity index (χ2v) is 7.27. The number of hydrogen-bond donors (Lipinski definition) is 1. The monoisotopic (exact) mass is 391 g/mol. The van der Waals surface area contributed by atoms with Gasteiger partial charge < -0.3 is 15.0 Å². The Kier molecular flexibility index (Phi) is 5.25. The van der Waals surface area contributed by atoms with E-state index < -0.39 is 6.04 Å². The number of carbonyl (C=O) groups excluding carboxylic acids is 2. The van der Waals surface area contributed by atoms with Gasteiger partial charge in [-0.05, 0) is 36.6 Å². The Morgan fingerprint density at radius 2 is 1.79 bits per heavy atom. The summed E-state index contributed by atoms with van der Waals surface area (Å²) in [6.07, 6.45) is 0.784. The zero-order valence-electron chi connectivity index (χ0n) is 16.7. The van der Waals surface area contributed by atoms with Crippen LogP contribution < -0.4 is 10.1 Å². The summed E-state index contributed by atoms with van der Waals surface area (Å²) in [4.78, 5) is 29.1. The lowest BCUT2D eigenvalue weighted by atomic mass is 9.95. The van der Waals surface area contributed by atoms with E-state index in [4.69, 9.17) is 4.74 Å². The van der Waals surface area contributed by atoms with E-state index in [1.165, 1.54) is 5.56 Å². The first-order chi connectivity index (χ1) is 14.1. The summed E-state index contributed by atoms with van der Waals surface area (Å²) in [6, 6.07) is 17.0. The second kappa shape index (κ2) is 7.99. The van der Waals surface area contributed by atoms with E-state index in [1.807, 2.05) is 54.3 Å². The van der Waals surface area contributed by atoms with E-state index in [9.17, 15) is 9.59 Å². The number of nitrogens with one attached hydrogen (secondary N) is 1. The van der Waals surface area contributed by atoms with Crippen molar-refractivity contribution in [2.75, 3.05) is 26.7 Å². The van der Waals surface area contributed by atoms with Crippen LogP contribution in [0.25, 0.3) is 0 Å². The summed E-state index contributed by atoms with van der Waals surface area (Å²) in [5.41, 5.74) is 3.51. The smallest absolute Gasteiger partial charge is 0.322 e. The first-order valence-corrected chi connectivity index (χ1v) is 9.91. The van der Waals surface area contributed by atoms with Crippen LogP contribution >= 0.6 is 0 Å². The predicted octanol–water partition coefficient (Wildman–Crippen LogP) is 3.12. The molecule has 2 heterocycles. The van der Waals surface area contributed by atoms with Crippen LogP contribution in [-0.2, 0) is 11.2 Å². The molecule has 1 unspecified atom stereocenters. The van der Waals surface area contributed by atoms with E-state index in [0.717, 1.165) is 23.4 Å². The van der Waals surface area contributed by atoms with E-state index >= 15 is 0 Å². The van der Waals surface area contributed by atoms with Gasteiger partial charge in [-0.3, -0.25) is 9.69 Å². The molecule has 6 heteroatoms. The molecule has 0 aliphatic carbocycles. The molecule has 0 bridgehead atoms. The number of benzene rings is 2. The average Bonchev–Trinajstić information content (AvgIpc) is 3.07. The molecule has 2 aliphatic rings. The fourth-order valence-corrected chi connectivity index (χ4v) is 3.89. The Labute approximate surface area is 170 Å². The van der Waals surface area contributed by atoms with Crippen LogP contribution in [-0.4, -0.2) is 48.5 Å². The highest BCUT2D eigenvalue weighted by atomic mass is 16.5. The van der Waals surface area contributed by atoms with Gasteiger partial charge in [0.15, 0.2) is 0 Å². The molecule has 0 aromatic heterocycles. The molecular formula is C23H25N3O3. The number of carbonyl (C=O) groups is 2. The number of nitrogens with zero attached hydrogens (tertiary/aromatic N) is 2. The molecule has 29 heavy (non-hydrogen) atoms. The van der Waals surface area contributed by atoms with Crippen molar-refractivity contribution in [2.45, 2.75) is 19.4 Å². The molecule has 2 aromatic rings. The van der Waals surface area contributed by atoms with Gasteiger partial charge in [0.05, 0.1) is 30.5 Å². The molecule has 2 aliphatic heterocycles. The molecule has 0 saturated carbocycles. The van der Waals surface area contributed by atoms with Crippen molar-refractivity contribution in [3.05, 3.63) is 77.0 Å². The predicted molar refractivity (Wildman–Crippen MR) is 110 cm³/mol. The van der Waals surface area contributed by atoms with Crippen molar-refractivity contribution in [2.24, 2.45) is 0 Å². The number of amides is 3. The highest BCUT2D eigenvalue weighted by Gasteiger charge is 2.42.